The molecule has 1 rings (SSSR count). The number of allylic oxidation sites excluding steroid dienone is 22. The van der Waals surface area contributed by atoms with Crippen LogP contribution in [0.2, 0.25) is 0 Å². The number of ether oxygens (including phenoxy) is 5. The van der Waals surface area contributed by atoms with Gasteiger partial charge in [0, 0.05) is 19.3 Å². The maximum absolute atomic E-state index is 13.1. The summed E-state index contributed by atoms with van der Waals surface area (Å²) in [6.45, 7) is 5.65. The number of rotatable bonds is 47. The van der Waals surface area contributed by atoms with Gasteiger partial charge in [-0.25, -0.2) is 4.79 Å². The molecule has 77 heavy (non-hydrogen) atoms. The molecule has 0 saturated carbocycles. The molecule has 1 heterocycles. The van der Waals surface area contributed by atoms with Crippen LogP contribution in [0.3, 0.4) is 0 Å². The first-order valence-electron chi connectivity index (χ1n) is 29.2. The number of carbonyl (C=O) groups is 4. The van der Waals surface area contributed by atoms with E-state index in [9.17, 15) is 34.5 Å². The molecular formula is C65H100O12. The highest BCUT2D eigenvalue weighted by Crippen LogP contribution is 2.26. The molecule has 6 unspecified atom stereocenters. The van der Waals surface area contributed by atoms with Gasteiger partial charge in [-0.3, -0.25) is 14.4 Å². The maximum Gasteiger partial charge on any atom is 0.335 e. The number of hydrogen-bond acceptors (Lipinski definition) is 11. The molecule has 12 nitrogen and oxygen atoms in total. The number of carboxylic acid groups (broad SMARTS) is 1. The highest BCUT2D eigenvalue weighted by Gasteiger charge is 2.50. The third-order valence-electron chi connectivity index (χ3n) is 12.2. The van der Waals surface area contributed by atoms with Gasteiger partial charge in [-0.2, -0.15) is 0 Å². The fourth-order valence-corrected chi connectivity index (χ4v) is 7.84. The van der Waals surface area contributed by atoms with Crippen LogP contribution >= 0.6 is 0 Å². The van der Waals surface area contributed by atoms with Gasteiger partial charge in [0.25, 0.3) is 0 Å². The summed E-state index contributed by atoms with van der Waals surface area (Å²) >= 11 is 0. The Balaban J connectivity index is 2.76. The second-order valence-electron chi connectivity index (χ2n) is 19.2. The average Bonchev–Trinajstić information content (AvgIpc) is 3.42. The molecule has 1 saturated heterocycles. The standard InChI is InChI=1S/C65H100O12/c1-4-7-10-13-16-19-22-24-26-28-29-31-33-35-38-41-44-47-50-53-59(68)76-63-61(70)60(69)62(64(71)72)77-65(63)74-55-56(75-58(67)52-49-46-43-40-36-21-18-15-12-9-6-3)54-73-57(66)51-48-45-42-39-37-34-32-30-27-25-23-20-17-14-11-8-5-2/h7-8,10-11,16-17,19-20,24-27,29,31-32,34-35,38-39,42,44,47,56,60-63,65,69-70H,4-6,9,12-15,18,21-23,28,30,33,36-37,40-41,43,45-46,48-55H2,1-3H3,(H,71,72)/b10-7-,11-8-,19-16-,20-17-,26-24-,27-25-,31-29-,34-32-,38-35-,42-39-,47-44-. The van der Waals surface area contributed by atoms with E-state index in [1.807, 2.05) is 24.3 Å². The summed E-state index contributed by atoms with van der Waals surface area (Å²) in [5, 5.41) is 31.4. The predicted octanol–water partition coefficient (Wildman–Crippen LogP) is 15.0. The van der Waals surface area contributed by atoms with Gasteiger partial charge in [-0.15, -0.1) is 0 Å². The molecule has 0 spiro atoms. The normalized spacial score (nSPS) is 19.0. The molecular weight excluding hydrogens is 973 g/mol. The number of carbonyl (C=O) groups excluding carboxylic acids is 3. The van der Waals surface area contributed by atoms with E-state index >= 15 is 0 Å². The zero-order chi connectivity index (χ0) is 56.1. The number of carboxylic acids is 1. The second kappa shape index (κ2) is 51.6. The second-order valence-corrected chi connectivity index (χ2v) is 19.2. The molecule has 0 radical (unpaired) electrons. The van der Waals surface area contributed by atoms with Gasteiger partial charge < -0.3 is 39.0 Å². The topological polar surface area (TPSA) is 175 Å². The van der Waals surface area contributed by atoms with Crippen LogP contribution in [0.15, 0.2) is 134 Å². The smallest absolute Gasteiger partial charge is 0.335 e. The number of esters is 3. The number of unbranched alkanes of at least 4 members (excludes halogenated alkanes) is 11. The molecule has 1 fully saturated rings. The number of aliphatic hydroxyl groups excluding tert-OH is 2. The largest absolute Gasteiger partial charge is 0.479 e. The van der Waals surface area contributed by atoms with Crippen molar-refractivity contribution >= 4 is 23.9 Å². The fourth-order valence-electron chi connectivity index (χ4n) is 7.84. The van der Waals surface area contributed by atoms with Crippen molar-refractivity contribution in [3.05, 3.63) is 134 Å². The predicted molar refractivity (Wildman–Crippen MR) is 312 cm³/mol. The van der Waals surface area contributed by atoms with Gasteiger partial charge in [0.1, 0.15) is 18.8 Å². The summed E-state index contributed by atoms with van der Waals surface area (Å²) in [5.41, 5.74) is 0. The first-order chi connectivity index (χ1) is 37.6. The van der Waals surface area contributed by atoms with E-state index in [4.69, 9.17) is 23.7 Å². The number of aliphatic hydroxyl groups is 2. The maximum atomic E-state index is 13.1. The molecule has 0 aromatic heterocycles. The Bertz CT molecular complexity index is 1850. The molecule has 1 aliphatic rings. The molecule has 0 aromatic rings. The Morgan fingerprint density at radius 3 is 1.29 bits per heavy atom. The molecule has 0 amide bonds. The summed E-state index contributed by atoms with van der Waals surface area (Å²) in [7, 11) is 0. The summed E-state index contributed by atoms with van der Waals surface area (Å²) in [5.74, 6) is -3.33. The number of aliphatic carboxylic acids is 1. The fraction of sp³-hybridized carbons (Fsp3) is 0.600. The quantitative estimate of drug-likeness (QED) is 0.0228. The molecule has 0 bridgehead atoms. The zero-order valence-corrected chi connectivity index (χ0v) is 47.4. The molecule has 0 aliphatic carbocycles. The third-order valence-corrected chi connectivity index (χ3v) is 12.2. The van der Waals surface area contributed by atoms with E-state index in [-0.39, 0.29) is 25.9 Å². The molecule has 0 aromatic carbocycles. The van der Waals surface area contributed by atoms with E-state index in [0.717, 1.165) is 83.5 Å². The van der Waals surface area contributed by atoms with Gasteiger partial charge in [-0.05, 0) is 96.3 Å². The monoisotopic (exact) mass is 1070 g/mol. The van der Waals surface area contributed by atoms with E-state index in [1.54, 1.807) is 0 Å². The van der Waals surface area contributed by atoms with E-state index < -0.39 is 67.3 Å². The Labute approximate surface area is 464 Å². The minimum absolute atomic E-state index is 0.0765. The van der Waals surface area contributed by atoms with Crippen LogP contribution in [0.25, 0.3) is 0 Å². The summed E-state index contributed by atoms with van der Waals surface area (Å²) < 4.78 is 28.2. The molecule has 12 heteroatoms. The van der Waals surface area contributed by atoms with Crippen LogP contribution in [0, 0.1) is 0 Å². The number of hydrogen-bond donors (Lipinski definition) is 3. The minimum Gasteiger partial charge on any atom is -0.479 e. The van der Waals surface area contributed by atoms with Crippen LogP contribution in [-0.2, 0) is 42.9 Å². The van der Waals surface area contributed by atoms with Crippen molar-refractivity contribution in [2.75, 3.05) is 13.2 Å². The summed E-state index contributed by atoms with van der Waals surface area (Å²) in [4.78, 5) is 51.0. The van der Waals surface area contributed by atoms with Gasteiger partial charge >= 0.3 is 23.9 Å². The minimum atomic E-state index is -1.94. The van der Waals surface area contributed by atoms with Gasteiger partial charge in [0.05, 0.1) is 6.61 Å². The van der Waals surface area contributed by atoms with E-state index in [1.165, 1.54) is 44.9 Å². The molecule has 3 N–H and O–H groups in total. The third kappa shape index (κ3) is 41.6. The van der Waals surface area contributed by atoms with Crippen molar-refractivity contribution in [1.29, 1.82) is 0 Å². The van der Waals surface area contributed by atoms with Gasteiger partial charge in [0.15, 0.2) is 24.6 Å². The first-order valence-corrected chi connectivity index (χ1v) is 29.2. The lowest BCUT2D eigenvalue weighted by atomic mass is 9.98. The Kier molecular flexibility index (Phi) is 46.8. The van der Waals surface area contributed by atoms with Gasteiger partial charge in [0.2, 0.25) is 0 Å². The Morgan fingerprint density at radius 2 is 0.844 bits per heavy atom. The van der Waals surface area contributed by atoms with Crippen LogP contribution in [-0.4, -0.2) is 89.2 Å². The van der Waals surface area contributed by atoms with Crippen molar-refractivity contribution in [1.82, 2.24) is 0 Å². The molecule has 1 aliphatic heterocycles. The highest BCUT2D eigenvalue weighted by atomic mass is 16.7. The Hall–Kier alpha value is -5.14. The zero-order valence-electron chi connectivity index (χ0n) is 47.4. The van der Waals surface area contributed by atoms with Crippen LogP contribution in [0.4, 0.5) is 0 Å². The molecule has 6 atom stereocenters. The van der Waals surface area contributed by atoms with Crippen molar-refractivity contribution in [2.45, 2.75) is 237 Å². The van der Waals surface area contributed by atoms with E-state index in [2.05, 4.69) is 130 Å². The van der Waals surface area contributed by atoms with E-state index in [0.29, 0.717) is 32.1 Å². The van der Waals surface area contributed by atoms with Crippen molar-refractivity contribution in [3.8, 4) is 0 Å². The Morgan fingerprint density at radius 1 is 0.442 bits per heavy atom. The molecule has 432 valence electrons. The lowest BCUT2D eigenvalue weighted by Crippen LogP contribution is -2.61. The van der Waals surface area contributed by atoms with Crippen molar-refractivity contribution < 1.29 is 58.2 Å². The van der Waals surface area contributed by atoms with Crippen LogP contribution in [0.5, 0.6) is 0 Å². The lowest BCUT2D eigenvalue weighted by Gasteiger charge is -2.40. The average molecular weight is 1070 g/mol. The van der Waals surface area contributed by atoms with Crippen molar-refractivity contribution in [2.24, 2.45) is 0 Å². The summed E-state index contributed by atoms with van der Waals surface area (Å²) in [6, 6.07) is 0. The van der Waals surface area contributed by atoms with Crippen LogP contribution in [0.1, 0.15) is 201 Å². The SMILES string of the molecule is CC/C=C\C/C=C\C/C=C\C/C=C\C/C=C\C/C=C\CCC(=O)OC1C(OCC(COC(=O)CCC/C=C\C/C=C\C/C=C\C/C=C\C/C=C\CC)OC(=O)CCCCCCCCCCCCC)OC(C(=O)O)C(O)C1O. The first kappa shape index (κ1) is 69.9. The lowest BCUT2D eigenvalue weighted by molar-refractivity contribution is -0.301. The van der Waals surface area contributed by atoms with Gasteiger partial charge in [-0.1, -0.05) is 219 Å². The van der Waals surface area contributed by atoms with Crippen LogP contribution < -0.4 is 0 Å². The van der Waals surface area contributed by atoms with Crippen molar-refractivity contribution in [3.63, 3.8) is 0 Å². The summed E-state index contributed by atoms with van der Waals surface area (Å²) in [6.07, 6.45) is 60.1. The highest BCUT2D eigenvalue weighted by molar-refractivity contribution is 5.74.